The maximum absolute atomic E-state index is 6.24. The molecule has 1 aromatic rings. The zero-order valence-corrected chi connectivity index (χ0v) is 8.23. The lowest BCUT2D eigenvalue weighted by molar-refractivity contribution is 0.147. The first-order chi connectivity index (χ1) is 5.74. The van der Waals surface area contributed by atoms with Gasteiger partial charge in [-0.3, -0.25) is 0 Å². The van der Waals surface area contributed by atoms with Crippen molar-refractivity contribution in [2.75, 3.05) is 0 Å². The minimum absolute atomic E-state index is 0.0366. The van der Waals surface area contributed by atoms with Crippen LogP contribution in [0.15, 0.2) is 17.5 Å². The Morgan fingerprint density at radius 1 is 1.67 bits per heavy atom. The SMILES string of the molecule is CCC1CC(N)(c2cccs2)C1. The van der Waals surface area contributed by atoms with E-state index in [9.17, 15) is 0 Å². The molecular formula is C10H15NS. The Kier molecular flexibility index (Phi) is 1.97. The van der Waals surface area contributed by atoms with Gasteiger partial charge in [-0.15, -0.1) is 11.3 Å². The lowest BCUT2D eigenvalue weighted by Crippen LogP contribution is -2.48. The Morgan fingerprint density at radius 2 is 2.42 bits per heavy atom. The number of thiophene rings is 1. The van der Waals surface area contributed by atoms with Crippen molar-refractivity contribution in [2.45, 2.75) is 31.7 Å². The van der Waals surface area contributed by atoms with Gasteiger partial charge in [0, 0.05) is 4.88 Å². The second-order valence-corrected chi connectivity index (χ2v) is 4.76. The summed E-state index contributed by atoms with van der Waals surface area (Å²) in [5.74, 6) is 0.872. The second-order valence-electron chi connectivity index (χ2n) is 3.82. The van der Waals surface area contributed by atoms with Crippen molar-refractivity contribution in [1.82, 2.24) is 0 Å². The second kappa shape index (κ2) is 2.86. The number of hydrogen-bond acceptors (Lipinski definition) is 2. The molecule has 2 N–H and O–H groups in total. The number of nitrogens with two attached hydrogens (primary N) is 1. The van der Waals surface area contributed by atoms with E-state index in [1.807, 2.05) is 0 Å². The zero-order valence-electron chi connectivity index (χ0n) is 7.42. The van der Waals surface area contributed by atoms with Crippen LogP contribution in [0.25, 0.3) is 0 Å². The fourth-order valence-electron chi connectivity index (χ4n) is 2.02. The molecule has 1 fully saturated rings. The predicted molar refractivity (Wildman–Crippen MR) is 53.2 cm³/mol. The molecule has 1 nitrogen and oxygen atoms in total. The van der Waals surface area contributed by atoms with Crippen molar-refractivity contribution in [3.63, 3.8) is 0 Å². The van der Waals surface area contributed by atoms with Crippen molar-refractivity contribution >= 4 is 11.3 Å². The lowest BCUT2D eigenvalue weighted by Gasteiger charge is -2.44. The van der Waals surface area contributed by atoms with E-state index < -0.39 is 0 Å². The molecule has 1 saturated carbocycles. The summed E-state index contributed by atoms with van der Waals surface area (Å²) in [4.78, 5) is 1.37. The Bertz CT molecular complexity index is 247. The quantitative estimate of drug-likeness (QED) is 0.746. The normalized spacial score (nSPS) is 34.7. The highest BCUT2D eigenvalue weighted by atomic mass is 32.1. The standard InChI is InChI=1S/C10H15NS/c1-2-8-6-10(11,7-8)9-4-3-5-12-9/h3-5,8H,2,6-7,11H2,1H3. The number of rotatable bonds is 2. The van der Waals surface area contributed by atoms with E-state index in [1.165, 1.54) is 24.1 Å². The first-order valence-corrected chi connectivity index (χ1v) is 5.45. The van der Waals surface area contributed by atoms with Crippen LogP contribution in [-0.2, 0) is 5.54 Å². The molecule has 1 aromatic heterocycles. The monoisotopic (exact) mass is 181 g/mol. The van der Waals surface area contributed by atoms with Gasteiger partial charge in [-0.1, -0.05) is 19.4 Å². The summed E-state index contributed by atoms with van der Waals surface area (Å²) >= 11 is 1.79. The Labute approximate surface area is 77.6 Å². The highest BCUT2D eigenvalue weighted by Gasteiger charge is 2.41. The topological polar surface area (TPSA) is 26.0 Å². The van der Waals surface area contributed by atoms with Crippen molar-refractivity contribution in [2.24, 2.45) is 11.7 Å². The fraction of sp³-hybridized carbons (Fsp3) is 0.600. The van der Waals surface area contributed by atoms with E-state index in [-0.39, 0.29) is 5.54 Å². The van der Waals surface area contributed by atoms with Crippen LogP contribution < -0.4 is 5.73 Å². The average Bonchev–Trinajstić information content (AvgIpc) is 2.50. The highest BCUT2D eigenvalue weighted by Crippen LogP contribution is 2.46. The van der Waals surface area contributed by atoms with Crippen LogP contribution in [0.1, 0.15) is 31.1 Å². The summed E-state index contributed by atoms with van der Waals surface area (Å²) < 4.78 is 0. The Hall–Kier alpha value is -0.340. The van der Waals surface area contributed by atoms with E-state index in [2.05, 4.69) is 24.4 Å². The van der Waals surface area contributed by atoms with Crippen molar-refractivity contribution < 1.29 is 0 Å². The highest BCUT2D eigenvalue weighted by molar-refractivity contribution is 7.10. The molecular weight excluding hydrogens is 166 g/mol. The molecule has 1 aliphatic carbocycles. The van der Waals surface area contributed by atoms with Gasteiger partial charge in [0.2, 0.25) is 0 Å². The molecule has 66 valence electrons. The summed E-state index contributed by atoms with van der Waals surface area (Å²) in [5.41, 5.74) is 6.28. The van der Waals surface area contributed by atoms with Crippen LogP contribution in [0.3, 0.4) is 0 Å². The van der Waals surface area contributed by atoms with Crippen LogP contribution in [0.4, 0.5) is 0 Å². The van der Waals surface area contributed by atoms with Gasteiger partial charge >= 0.3 is 0 Å². The van der Waals surface area contributed by atoms with Gasteiger partial charge in [-0.25, -0.2) is 0 Å². The third kappa shape index (κ3) is 1.19. The van der Waals surface area contributed by atoms with E-state index in [4.69, 9.17) is 5.73 Å². The summed E-state index contributed by atoms with van der Waals surface area (Å²) in [6.45, 7) is 2.25. The molecule has 1 heterocycles. The maximum Gasteiger partial charge on any atom is 0.0509 e. The van der Waals surface area contributed by atoms with Crippen molar-refractivity contribution in [3.8, 4) is 0 Å². The fourth-order valence-corrected chi connectivity index (χ4v) is 2.88. The minimum Gasteiger partial charge on any atom is -0.321 e. The van der Waals surface area contributed by atoms with Gasteiger partial charge in [-0.2, -0.15) is 0 Å². The largest absolute Gasteiger partial charge is 0.321 e. The van der Waals surface area contributed by atoms with Crippen LogP contribution in [0.5, 0.6) is 0 Å². The molecule has 12 heavy (non-hydrogen) atoms. The molecule has 2 rings (SSSR count). The van der Waals surface area contributed by atoms with Crippen LogP contribution in [0, 0.1) is 5.92 Å². The van der Waals surface area contributed by atoms with Gasteiger partial charge in [0.1, 0.15) is 0 Å². The first-order valence-electron chi connectivity index (χ1n) is 4.57. The van der Waals surface area contributed by atoms with Crippen LogP contribution in [0.2, 0.25) is 0 Å². The summed E-state index contributed by atoms with van der Waals surface area (Å²) in [7, 11) is 0. The van der Waals surface area contributed by atoms with Crippen molar-refractivity contribution in [3.05, 3.63) is 22.4 Å². The van der Waals surface area contributed by atoms with Crippen molar-refractivity contribution in [1.29, 1.82) is 0 Å². The van der Waals surface area contributed by atoms with Gasteiger partial charge in [-0.05, 0) is 30.2 Å². The molecule has 0 aromatic carbocycles. The number of hydrogen-bond donors (Lipinski definition) is 1. The molecule has 0 aliphatic heterocycles. The molecule has 1 aliphatic rings. The van der Waals surface area contributed by atoms with Gasteiger partial charge < -0.3 is 5.73 Å². The average molecular weight is 181 g/mol. The predicted octanol–water partition coefficient (Wildman–Crippen LogP) is 2.72. The maximum atomic E-state index is 6.24. The third-order valence-electron chi connectivity index (χ3n) is 2.90. The van der Waals surface area contributed by atoms with E-state index in [0.29, 0.717) is 0 Å². The summed E-state index contributed by atoms with van der Waals surface area (Å²) in [6.07, 6.45) is 3.65. The van der Waals surface area contributed by atoms with Gasteiger partial charge in [0.25, 0.3) is 0 Å². The summed E-state index contributed by atoms with van der Waals surface area (Å²) in [6, 6.07) is 4.25. The molecule has 0 unspecified atom stereocenters. The third-order valence-corrected chi connectivity index (χ3v) is 3.98. The minimum atomic E-state index is 0.0366. The lowest BCUT2D eigenvalue weighted by atomic mass is 9.67. The van der Waals surface area contributed by atoms with Crippen LogP contribution in [-0.4, -0.2) is 0 Å². The molecule has 0 spiro atoms. The van der Waals surface area contributed by atoms with E-state index in [0.717, 1.165) is 5.92 Å². The zero-order chi connectivity index (χ0) is 8.60. The molecule has 0 saturated heterocycles. The molecule has 2 heteroatoms. The Balaban J connectivity index is 2.07. The molecule has 0 atom stereocenters. The summed E-state index contributed by atoms with van der Waals surface area (Å²) in [5, 5.41) is 2.11. The van der Waals surface area contributed by atoms with Crippen LogP contribution >= 0.6 is 11.3 Å². The Morgan fingerprint density at radius 3 is 2.92 bits per heavy atom. The van der Waals surface area contributed by atoms with Gasteiger partial charge in [0.15, 0.2) is 0 Å². The van der Waals surface area contributed by atoms with Gasteiger partial charge in [0.05, 0.1) is 5.54 Å². The van der Waals surface area contributed by atoms with E-state index >= 15 is 0 Å². The molecule has 0 radical (unpaired) electrons. The van der Waals surface area contributed by atoms with E-state index in [1.54, 1.807) is 11.3 Å². The smallest absolute Gasteiger partial charge is 0.0509 e. The molecule has 0 amide bonds. The first kappa shape index (κ1) is 8.27. The molecule has 0 bridgehead atoms.